The van der Waals surface area contributed by atoms with E-state index in [2.05, 4.69) is 37.3 Å². The molecule has 0 radical (unpaired) electrons. The van der Waals surface area contributed by atoms with Gasteiger partial charge in [0.25, 0.3) is 0 Å². The monoisotopic (exact) mass is 197 g/mol. The molecule has 0 amide bonds. The molecule has 76 valence electrons. The molecule has 0 spiro atoms. The molecule has 3 rings (SSSR count). The van der Waals surface area contributed by atoms with Gasteiger partial charge in [-0.05, 0) is 47.2 Å². The maximum atomic E-state index is 6.00. The van der Waals surface area contributed by atoms with Gasteiger partial charge in [0, 0.05) is 6.04 Å². The van der Waals surface area contributed by atoms with Crippen molar-refractivity contribution >= 4 is 10.8 Å². The summed E-state index contributed by atoms with van der Waals surface area (Å²) >= 11 is 0. The fourth-order valence-electron chi connectivity index (χ4n) is 2.67. The van der Waals surface area contributed by atoms with Crippen molar-refractivity contribution in [3.63, 3.8) is 0 Å². The first-order valence-electron chi connectivity index (χ1n) is 5.56. The van der Waals surface area contributed by atoms with Crippen LogP contribution in [0, 0.1) is 0 Å². The molecule has 0 bridgehead atoms. The molecule has 1 unspecified atom stereocenters. The van der Waals surface area contributed by atoms with Crippen LogP contribution in [-0.4, -0.2) is 0 Å². The lowest BCUT2D eigenvalue weighted by Gasteiger charge is -2.11. The molecule has 1 aliphatic carbocycles. The van der Waals surface area contributed by atoms with Gasteiger partial charge in [-0.25, -0.2) is 0 Å². The Kier molecular flexibility index (Phi) is 1.83. The van der Waals surface area contributed by atoms with Crippen LogP contribution in [0.5, 0.6) is 0 Å². The Balaban J connectivity index is 2.43. The molecule has 0 heterocycles. The zero-order valence-electron chi connectivity index (χ0n) is 8.96. The van der Waals surface area contributed by atoms with Gasteiger partial charge in [0.05, 0.1) is 0 Å². The number of hydrogen-bond donors (Lipinski definition) is 1. The van der Waals surface area contributed by atoms with Crippen LogP contribution < -0.4 is 5.73 Å². The molecule has 1 aliphatic rings. The van der Waals surface area contributed by atoms with E-state index in [0.717, 1.165) is 0 Å². The molecule has 0 aliphatic heterocycles. The quantitative estimate of drug-likeness (QED) is 0.747. The lowest BCUT2D eigenvalue weighted by molar-refractivity contribution is 0.826. The average Bonchev–Trinajstić information content (AvgIpc) is 2.64. The summed E-state index contributed by atoms with van der Waals surface area (Å²) in [5.74, 6) is 0. The molecule has 1 heteroatoms. The van der Waals surface area contributed by atoms with E-state index in [0.29, 0.717) is 0 Å². The Hall–Kier alpha value is -1.34. The van der Waals surface area contributed by atoms with Crippen molar-refractivity contribution in [3.8, 4) is 0 Å². The minimum atomic E-state index is 0.120. The molecule has 1 atom stereocenters. The van der Waals surface area contributed by atoms with Crippen molar-refractivity contribution in [1.82, 2.24) is 0 Å². The standard InChI is InChI=1S/C14H15N/c1-9(15)12-8-7-11-6-5-10-3-2-4-13(12)14(10)11/h2-4,7-9H,5-6,15H2,1H3. The van der Waals surface area contributed by atoms with E-state index in [4.69, 9.17) is 5.73 Å². The fourth-order valence-corrected chi connectivity index (χ4v) is 2.67. The van der Waals surface area contributed by atoms with Crippen LogP contribution in [0.1, 0.15) is 29.7 Å². The maximum absolute atomic E-state index is 6.00. The molecule has 0 saturated carbocycles. The second-order valence-electron chi connectivity index (χ2n) is 4.44. The number of aryl methyl sites for hydroxylation is 2. The van der Waals surface area contributed by atoms with Crippen molar-refractivity contribution in [1.29, 1.82) is 0 Å². The van der Waals surface area contributed by atoms with Crippen molar-refractivity contribution in [2.45, 2.75) is 25.8 Å². The van der Waals surface area contributed by atoms with Gasteiger partial charge in [0.2, 0.25) is 0 Å². The first-order chi connectivity index (χ1) is 7.27. The zero-order valence-corrected chi connectivity index (χ0v) is 8.96. The first kappa shape index (κ1) is 8.93. The van der Waals surface area contributed by atoms with E-state index >= 15 is 0 Å². The largest absolute Gasteiger partial charge is 0.324 e. The Morgan fingerprint density at radius 2 is 1.80 bits per heavy atom. The second-order valence-corrected chi connectivity index (χ2v) is 4.44. The van der Waals surface area contributed by atoms with E-state index in [-0.39, 0.29) is 6.04 Å². The molecule has 15 heavy (non-hydrogen) atoms. The smallest absolute Gasteiger partial charge is 0.0272 e. The third-order valence-electron chi connectivity index (χ3n) is 3.40. The highest BCUT2D eigenvalue weighted by Crippen LogP contribution is 2.34. The van der Waals surface area contributed by atoms with Crippen LogP contribution >= 0.6 is 0 Å². The SMILES string of the molecule is CC(N)c1ccc2c3c(cccc13)CC2. The summed E-state index contributed by atoms with van der Waals surface area (Å²) in [6.45, 7) is 2.05. The minimum absolute atomic E-state index is 0.120. The number of nitrogens with two attached hydrogens (primary N) is 1. The van der Waals surface area contributed by atoms with E-state index < -0.39 is 0 Å². The Labute approximate surface area is 89.9 Å². The van der Waals surface area contributed by atoms with Crippen LogP contribution in [0.3, 0.4) is 0 Å². The van der Waals surface area contributed by atoms with Crippen molar-refractivity contribution in [2.75, 3.05) is 0 Å². The fraction of sp³-hybridized carbons (Fsp3) is 0.286. The van der Waals surface area contributed by atoms with Gasteiger partial charge in [-0.3, -0.25) is 0 Å². The Morgan fingerprint density at radius 1 is 1.07 bits per heavy atom. The third-order valence-corrected chi connectivity index (χ3v) is 3.40. The van der Waals surface area contributed by atoms with Crippen LogP contribution in [0.4, 0.5) is 0 Å². The topological polar surface area (TPSA) is 26.0 Å². The molecule has 1 nitrogen and oxygen atoms in total. The van der Waals surface area contributed by atoms with Gasteiger partial charge >= 0.3 is 0 Å². The lowest BCUT2D eigenvalue weighted by atomic mass is 9.97. The van der Waals surface area contributed by atoms with Crippen LogP contribution in [0.15, 0.2) is 30.3 Å². The van der Waals surface area contributed by atoms with E-state index in [1.54, 1.807) is 0 Å². The predicted octanol–water partition coefficient (Wildman–Crippen LogP) is 2.96. The lowest BCUT2D eigenvalue weighted by Crippen LogP contribution is -2.05. The van der Waals surface area contributed by atoms with Gasteiger partial charge in [0.1, 0.15) is 0 Å². The summed E-state index contributed by atoms with van der Waals surface area (Å²) in [6.07, 6.45) is 2.38. The van der Waals surface area contributed by atoms with Gasteiger partial charge in [-0.1, -0.05) is 30.3 Å². The highest BCUT2D eigenvalue weighted by atomic mass is 14.6. The Bertz CT molecular complexity index is 516. The summed E-state index contributed by atoms with van der Waals surface area (Å²) in [5, 5.41) is 2.82. The molecule has 0 aromatic heterocycles. The maximum Gasteiger partial charge on any atom is 0.0272 e. The molecule has 2 aromatic rings. The normalized spacial score (nSPS) is 15.9. The van der Waals surface area contributed by atoms with Crippen LogP contribution in [-0.2, 0) is 12.8 Å². The number of hydrogen-bond acceptors (Lipinski definition) is 1. The molecule has 0 fully saturated rings. The van der Waals surface area contributed by atoms with Crippen molar-refractivity contribution in [2.24, 2.45) is 5.73 Å². The highest BCUT2D eigenvalue weighted by Gasteiger charge is 2.16. The molecule has 2 aromatic carbocycles. The van der Waals surface area contributed by atoms with Crippen LogP contribution in [0.2, 0.25) is 0 Å². The Morgan fingerprint density at radius 3 is 2.53 bits per heavy atom. The molecule has 2 N–H and O–H groups in total. The minimum Gasteiger partial charge on any atom is -0.324 e. The molecular weight excluding hydrogens is 182 g/mol. The van der Waals surface area contributed by atoms with E-state index in [9.17, 15) is 0 Å². The van der Waals surface area contributed by atoms with Crippen molar-refractivity contribution in [3.05, 3.63) is 47.0 Å². The summed E-state index contributed by atoms with van der Waals surface area (Å²) < 4.78 is 0. The average molecular weight is 197 g/mol. The summed E-state index contributed by atoms with van der Waals surface area (Å²) in [7, 11) is 0. The van der Waals surface area contributed by atoms with Gasteiger partial charge in [0.15, 0.2) is 0 Å². The number of benzene rings is 2. The third kappa shape index (κ3) is 1.20. The zero-order chi connectivity index (χ0) is 10.4. The molecular formula is C14H15N. The predicted molar refractivity (Wildman–Crippen MR) is 64.0 cm³/mol. The second kappa shape index (κ2) is 3.07. The van der Waals surface area contributed by atoms with E-state index in [1.807, 2.05) is 0 Å². The summed E-state index contributed by atoms with van der Waals surface area (Å²) in [6, 6.07) is 11.2. The van der Waals surface area contributed by atoms with E-state index in [1.165, 1.54) is 40.3 Å². The molecule has 0 saturated heterocycles. The van der Waals surface area contributed by atoms with Gasteiger partial charge < -0.3 is 5.73 Å². The van der Waals surface area contributed by atoms with Gasteiger partial charge in [-0.15, -0.1) is 0 Å². The van der Waals surface area contributed by atoms with Gasteiger partial charge in [-0.2, -0.15) is 0 Å². The summed E-state index contributed by atoms with van der Waals surface area (Å²) in [4.78, 5) is 0. The summed E-state index contributed by atoms with van der Waals surface area (Å²) in [5.41, 5.74) is 10.3. The highest BCUT2D eigenvalue weighted by molar-refractivity contribution is 5.93. The van der Waals surface area contributed by atoms with Crippen molar-refractivity contribution < 1.29 is 0 Å². The number of rotatable bonds is 1. The van der Waals surface area contributed by atoms with Crippen LogP contribution in [0.25, 0.3) is 10.8 Å². The first-order valence-corrected chi connectivity index (χ1v) is 5.56.